The van der Waals surface area contributed by atoms with Crippen LogP contribution in [0.5, 0.6) is 11.5 Å². The van der Waals surface area contributed by atoms with Gasteiger partial charge in [0.1, 0.15) is 16.8 Å². The zero-order chi connectivity index (χ0) is 17.7. The van der Waals surface area contributed by atoms with Gasteiger partial charge in [0.15, 0.2) is 5.75 Å². The van der Waals surface area contributed by atoms with Gasteiger partial charge in [0.05, 0.1) is 12.1 Å². The van der Waals surface area contributed by atoms with Crippen LogP contribution in [0.3, 0.4) is 0 Å². The summed E-state index contributed by atoms with van der Waals surface area (Å²) in [5, 5.41) is 21.1. The minimum absolute atomic E-state index is 0.0362. The van der Waals surface area contributed by atoms with Gasteiger partial charge in [-0.25, -0.2) is 0 Å². The summed E-state index contributed by atoms with van der Waals surface area (Å²) in [5.74, 6) is -2.02. The fraction of sp³-hybridized carbons (Fsp3) is 0.0556. The van der Waals surface area contributed by atoms with Crippen molar-refractivity contribution in [2.24, 2.45) is 0 Å². The number of benzene rings is 2. The van der Waals surface area contributed by atoms with Gasteiger partial charge in [-0.3, -0.25) is 19.5 Å². The van der Waals surface area contributed by atoms with Crippen molar-refractivity contribution in [3.63, 3.8) is 0 Å². The number of fused-ring (bicyclic) bond motifs is 2. The summed E-state index contributed by atoms with van der Waals surface area (Å²) in [4.78, 5) is 30.4. The van der Waals surface area contributed by atoms with Crippen LogP contribution in [0.2, 0.25) is 0 Å². The van der Waals surface area contributed by atoms with Crippen LogP contribution in [0.4, 0.5) is 0 Å². The summed E-state index contributed by atoms with van der Waals surface area (Å²) in [7, 11) is 0. The van der Waals surface area contributed by atoms with Gasteiger partial charge in [-0.05, 0) is 29.8 Å². The molecule has 0 aliphatic carbocycles. The van der Waals surface area contributed by atoms with Gasteiger partial charge in [-0.15, -0.1) is 0 Å². The van der Waals surface area contributed by atoms with Crippen molar-refractivity contribution in [2.75, 3.05) is 0 Å². The lowest BCUT2D eigenvalue weighted by molar-refractivity contribution is 0.0641. The van der Waals surface area contributed by atoms with Gasteiger partial charge in [-0.2, -0.15) is 0 Å². The fourth-order valence-corrected chi connectivity index (χ4v) is 3.46. The van der Waals surface area contributed by atoms with Gasteiger partial charge in [0.2, 0.25) is 0 Å². The Morgan fingerprint density at radius 2 is 1.72 bits per heavy atom. The van der Waals surface area contributed by atoms with Gasteiger partial charge >= 0.3 is 0 Å². The lowest BCUT2D eigenvalue weighted by Crippen LogP contribution is -2.29. The molecular weight excluding hydrogens is 388 g/mol. The van der Waals surface area contributed by atoms with Gasteiger partial charge in [0.25, 0.3) is 11.8 Å². The number of aromatic nitrogens is 1. The number of aromatic hydroxyl groups is 2. The average molecular weight is 399 g/mol. The number of halogens is 1. The van der Waals surface area contributed by atoms with Crippen LogP contribution in [0.1, 0.15) is 26.3 Å². The number of imide groups is 1. The Morgan fingerprint density at radius 1 is 1.00 bits per heavy atom. The zero-order valence-electron chi connectivity index (χ0n) is 12.7. The highest BCUT2D eigenvalue weighted by atomic mass is 79.9. The second-order valence-corrected chi connectivity index (χ2v) is 6.59. The molecule has 0 spiro atoms. The van der Waals surface area contributed by atoms with Crippen LogP contribution in [-0.2, 0) is 6.54 Å². The highest BCUT2D eigenvalue weighted by molar-refractivity contribution is 9.10. The molecule has 0 atom stereocenters. The third kappa shape index (κ3) is 2.27. The van der Waals surface area contributed by atoms with Crippen LogP contribution in [0, 0.1) is 0 Å². The molecule has 0 saturated carbocycles. The first-order chi connectivity index (χ1) is 12.0. The van der Waals surface area contributed by atoms with Crippen molar-refractivity contribution in [1.29, 1.82) is 0 Å². The molecule has 2 amide bonds. The van der Waals surface area contributed by atoms with E-state index in [1.54, 1.807) is 24.3 Å². The smallest absolute Gasteiger partial charge is 0.265 e. The molecule has 0 unspecified atom stereocenters. The molecule has 2 heterocycles. The quantitative estimate of drug-likeness (QED) is 0.510. The lowest BCUT2D eigenvalue weighted by Gasteiger charge is -2.14. The van der Waals surface area contributed by atoms with Crippen LogP contribution in [0.25, 0.3) is 10.9 Å². The molecule has 4 rings (SSSR count). The molecule has 1 aliphatic rings. The molecule has 0 fully saturated rings. The Morgan fingerprint density at radius 3 is 2.44 bits per heavy atom. The number of hydrogen-bond acceptors (Lipinski definition) is 5. The molecule has 25 heavy (non-hydrogen) atoms. The van der Waals surface area contributed by atoms with E-state index in [0.717, 1.165) is 14.9 Å². The SMILES string of the molecule is O=C1c2c(c(O)c3ncccc3c2O)C(=O)N1Cc1cccc(Br)c1. The Labute approximate surface area is 150 Å². The number of nitrogens with zero attached hydrogens (tertiary/aromatic N) is 2. The summed E-state index contributed by atoms with van der Waals surface area (Å²) in [5.41, 5.74) is 0.441. The van der Waals surface area contributed by atoms with Gasteiger partial charge in [-0.1, -0.05) is 28.1 Å². The van der Waals surface area contributed by atoms with E-state index in [9.17, 15) is 19.8 Å². The molecule has 2 N–H and O–H groups in total. The summed E-state index contributed by atoms with van der Waals surface area (Å²) >= 11 is 3.35. The summed E-state index contributed by atoms with van der Waals surface area (Å²) in [6, 6.07) is 10.3. The monoisotopic (exact) mass is 398 g/mol. The molecule has 1 aliphatic heterocycles. The van der Waals surface area contributed by atoms with E-state index in [1.807, 2.05) is 6.07 Å². The number of pyridine rings is 1. The molecular formula is C18H11BrN2O4. The molecule has 3 aromatic rings. The van der Waals surface area contributed by atoms with Gasteiger partial charge in [0, 0.05) is 16.1 Å². The molecule has 0 saturated heterocycles. The zero-order valence-corrected chi connectivity index (χ0v) is 14.3. The largest absolute Gasteiger partial charge is 0.506 e. The maximum absolute atomic E-state index is 12.7. The lowest BCUT2D eigenvalue weighted by atomic mass is 10.0. The summed E-state index contributed by atoms with van der Waals surface area (Å²) in [6.07, 6.45) is 1.44. The van der Waals surface area contributed by atoms with Crippen molar-refractivity contribution in [3.05, 3.63) is 63.8 Å². The Kier molecular flexibility index (Phi) is 3.47. The first-order valence-corrected chi connectivity index (χ1v) is 8.21. The topological polar surface area (TPSA) is 90.7 Å². The van der Waals surface area contributed by atoms with E-state index in [1.165, 1.54) is 12.3 Å². The number of phenolic OH excluding ortho intramolecular Hbond substituents is 2. The molecule has 6 nitrogen and oxygen atoms in total. The second kappa shape index (κ2) is 5.56. The predicted molar refractivity (Wildman–Crippen MR) is 93.4 cm³/mol. The molecule has 124 valence electrons. The van der Waals surface area contributed by atoms with E-state index in [2.05, 4.69) is 20.9 Å². The highest BCUT2D eigenvalue weighted by Crippen LogP contribution is 2.43. The maximum atomic E-state index is 12.7. The van der Waals surface area contributed by atoms with E-state index in [-0.39, 0.29) is 34.3 Å². The first kappa shape index (κ1) is 15.6. The van der Waals surface area contributed by atoms with E-state index < -0.39 is 17.6 Å². The molecule has 1 aromatic heterocycles. The molecule has 0 radical (unpaired) electrons. The summed E-state index contributed by atoms with van der Waals surface area (Å²) in [6.45, 7) is 0.0362. The molecule has 0 bridgehead atoms. The van der Waals surface area contributed by atoms with Crippen molar-refractivity contribution in [2.45, 2.75) is 6.54 Å². The number of rotatable bonds is 2. The van der Waals surface area contributed by atoms with E-state index in [4.69, 9.17) is 0 Å². The fourth-order valence-electron chi connectivity index (χ4n) is 3.02. The maximum Gasteiger partial charge on any atom is 0.265 e. The number of carbonyl (C=O) groups excluding carboxylic acids is 2. The van der Waals surface area contributed by atoms with Crippen LogP contribution in [-0.4, -0.2) is 31.9 Å². The van der Waals surface area contributed by atoms with Crippen molar-refractivity contribution < 1.29 is 19.8 Å². The highest BCUT2D eigenvalue weighted by Gasteiger charge is 2.41. The first-order valence-electron chi connectivity index (χ1n) is 7.42. The number of phenols is 2. The predicted octanol–water partition coefficient (Wildman–Crippen LogP) is 3.20. The Bertz CT molecular complexity index is 1000. The van der Waals surface area contributed by atoms with Gasteiger partial charge < -0.3 is 10.2 Å². The van der Waals surface area contributed by atoms with Crippen LogP contribution >= 0.6 is 15.9 Å². The number of hydrogen-bond donors (Lipinski definition) is 2. The number of carbonyl (C=O) groups is 2. The summed E-state index contributed by atoms with van der Waals surface area (Å²) < 4.78 is 0.822. The third-order valence-electron chi connectivity index (χ3n) is 4.16. The van der Waals surface area contributed by atoms with Crippen molar-refractivity contribution in [3.8, 4) is 11.5 Å². The normalized spacial score (nSPS) is 13.6. The Hall–Kier alpha value is -2.93. The molecule has 7 heteroatoms. The van der Waals surface area contributed by atoms with E-state index in [0.29, 0.717) is 0 Å². The van der Waals surface area contributed by atoms with Crippen LogP contribution < -0.4 is 0 Å². The second-order valence-electron chi connectivity index (χ2n) is 5.67. The van der Waals surface area contributed by atoms with Crippen LogP contribution in [0.15, 0.2) is 47.1 Å². The molecule has 2 aromatic carbocycles. The standard InChI is InChI=1S/C18H11BrN2O4/c19-10-4-1-3-9(7-10)8-21-17(24)12-13(18(21)25)16(23)14-11(15(12)22)5-2-6-20-14/h1-7,22-23H,8H2. The minimum Gasteiger partial charge on any atom is -0.506 e. The average Bonchev–Trinajstić information content (AvgIpc) is 2.85. The van der Waals surface area contributed by atoms with Crippen molar-refractivity contribution in [1.82, 2.24) is 9.88 Å². The van der Waals surface area contributed by atoms with Crippen molar-refractivity contribution >= 4 is 38.6 Å². The third-order valence-corrected chi connectivity index (χ3v) is 4.65. The Balaban J connectivity index is 1.86. The number of amides is 2. The van der Waals surface area contributed by atoms with E-state index >= 15 is 0 Å². The minimum atomic E-state index is -0.652.